The minimum atomic E-state index is -0.383. The Kier molecular flexibility index (Phi) is 5.38. The van der Waals surface area contributed by atoms with Crippen molar-refractivity contribution < 1.29 is 14.4 Å². The standard InChI is InChI=1S/C22H25N4O3/c23-22(27)20-9-12-25(28)15-19(20)14-24-11-10-21(26(24)29)18-8-4-7-17(13-18)16-5-2-1-3-6-16/h1-8,13,19-21H,9-12,14-15H2,(H-,23,27)/q+1/p+1. The number of nitrogens with zero attached hydrogens (tertiary/aromatic N) is 3. The molecule has 3 unspecified atom stereocenters. The molecule has 150 valence electrons. The summed E-state index contributed by atoms with van der Waals surface area (Å²) < 4.78 is 0.968. The summed E-state index contributed by atoms with van der Waals surface area (Å²) in [5.41, 5.74) is 8.70. The zero-order chi connectivity index (χ0) is 20.4. The Morgan fingerprint density at radius 1 is 1.03 bits per heavy atom. The number of rotatable bonds is 5. The van der Waals surface area contributed by atoms with Gasteiger partial charge in [0.05, 0.1) is 29.8 Å². The van der Waals surface area contributed by atoms with Crippen molar-refractivity contribution in [2.75, 3.05) is 26.2 Å². The van der Waals surface area contributed by atoms with Crippen molar-refractivity contribution in [1.29, 1.82) is 0 Å². The summed E-state index contributed by atoms with van der Waals surface area (Å²) in [6, 6.07) is 17.9. The third kappa shape index (κ3) is 4.04. The fourth-order valence-corrected chi connectivity index (χ4v) is 4.53. The second-order valence-corrected chi connectivity index (χ2v) is 7.96. The molecule has 3 atom stereocenters. The van der Waals surface area contributed by atoms with Gasteiger partial charge in [0.15, 0.2) is 13.1 Å². The van der Waals surface area contributed by atoms with Crippen LogP contribution < -0.4 is 5.73 Å². The van der Waals surface area contributed by atoms with Crippen LogP contribution >= 0.6 is 0 Å². The predicted octanol–water partition coefficient (Wildman–Crippen LogP) is 2.69. The molecule has 0 bridgehead atoms. The third-order valence-electron chi connectivity index (χ3n) is 6.09. The van der Waals surface area contributed by atoms with Gasteiger partial charge in [-0.25, -0.2) is 0 Å². The Balaban J connectivity index is 1.49. The molecule has 0 aromatic heterocycles. The molecule has 2 N–H and O–H groups in total. The van der Waals surface area contributed by atoms with Crippen LogP contribution in [0.4, 0.5) is 0 Å². The smallest absolute Gasteiger partial charge is 0.261 e. The summed E-state index contributed by atoms with van der Waals surface area (Å²) in [5.74, 6) is -0.953. The van der Waals surface area contributed by atoms with Gasteiger partial charge in [0, 0.05) is 23.3 Å². The van der Waals surface area contributed by atoms with Gasteiger partial charge in [-0.05, 0) is 22.0 Å². The van der Waals surface area contributed by atoms with Crippen molar-refractivity contribution >= 4 is 5.91 Å². The van der Waals surface area contributed by atoms with E-state index < -0.39 is 0 Å². The van der Waals surface area contributed by atoms with E-state index in [2.05, 4.69) is 18.2 Å². The number of nitrogens with two attached hydrogens (primary N) is 1. The topological polar surface area (TPSA) is 86.5 Å². The second kappa shape index (κ2) is 8.11. The van der Waals surface area contributed by atoms with Crippen LogP contribution in [0.25, 0.3) is 11.1 Å². The van der Waals surface area contributed by atoms with E-state index in [9.17, 15) is 14.6 Å². The largest absolute Gasteiger partial charge is 0.369 e. The van der Waals surface area contributed by atoms with Gasteiger partial charge in [-0.2, -0.15) is 0 Å². The number of amides is 1. The molecule has 0 aliphatic carbocycles. The number of primary amides is 1. The summed E-state index contributed by atoms with van der Waals surface area (Å²) >= 11 is 0. The molecule has 0 spiro atoms. The van der Waals surface area contributed by atoms with Crippen LogP contribution in [0.1, 0.15) is 24.4 Å². The molecule has 29 heavy (non-hydrogen) atoms. The van der Waals surface area contributed by atoms with Crippen molar-refractivity contribution in [2.45, 2.75) is 18.9 Å². The predicted molar refractivity (Wildman–Crippen MR) is 109 cm³/mol. The number of hydrogen-bond acceptors (Lipinski definition) is 3. The minimum Gasteiger partial charge on any atom is -0.369 e. The highest BCUT2D eigenvalue weighted by Gasteiger charge is 2.46. The zero-order valence-electron chi connectivity index (χ0n) is 16.3. The highest BCUT2D eigenvalue weighted by atomic mass is 16.3. The lowest BCUT2D eigenvalue weighted by molar-refractivity contribution is -0.719. The fraction of sp³-hybridized carbons (Fsp3) is 0.409. The second-order valence-electron chi connectivity index (χ2n) is 7.96. The van der Waals surface area contributed by atoms with Gasteiger partial charge in [0.1, 0.15) is 4.87 Å². The molecular weight excluding hydrogens is 368 g/mol. The first-order chi connectivity index (χ1) is 14.0. The first-order valence-electron chi connectivity index (χ1n) is 10.1. The monoisotopic (exact) mass is 394 g/mol. The summed E-state index contributed by atoms with van der Waals surface area (Å²) in [6.07, 6.45) is 1.16. The average Bonchev–Trinajstić information content (AvgIpc) is 3.09. The summed E-state index contributed by atoms with van der Waals surface area (Å²) in [5, 5.41) is 1.72. The normalized spacial score (nSPS) is 24.7. The zero-order valence-corrected chi connectivity index (χ0v) is 16.3. The molecular formula is C22H26N4O3+2. The van der Waals surface area contributed by atoms with E-state index in [1.54, 1.807) is 5.01 Å². The molecule has 7 heteroatoms. The van der Waals surface area contributed by atoms with E-state index in [0.717, 1.165) is 26.3 Å². The number of carbonyl (C=O) groups excluding carboxylic acids is 1. The Hall–Kier alpha value is -3.09. The van der Waals surface area contributed by atoms with Crippen molar-refractivity contribution in [3.05, 3.63) is 70.0 Å². The lowest BCUT2D eigenvalue weighted by atomic mass is 9.85. The Bertz CT molecular complexity index is 931. The summed E-state index contributed by atoms with van der Waals surface area (Å²) in [4.78, 5) is 37.6. The lowest BCUT2D eigenvalue weighted by Gasteiger charge is -2.25. The molecule has 7 nitrogen and oxygen atoms in total. The fourth-order valence-electron chi connectivity index (χ4n) is 4.53. The van der Waals surface area contributed by atoms with Crippen molar-refractivity contribution in [1.82, 2.24) is 5.01 Å². The van der Waals surface area contributed by atoms with Gasteiger partial charge in [0.25, 0.3) is 6.04 Å². The lowest BCUT2D eigenvalue weighted by Crippen LogP contribution is -2.46. The number of benzene rings is 2. The third-order valence-corrected chi connectivity index (χ3v) is 6.09. The van der Waals surface area contributed by atoms with E-state index in [-0.39, 0.29) is 30.3 Å². The van der Waals surface area contributed by atoms with Crippen LogP contribution in [0.3, 0.4) is 0 Å². The maximum atomic E-state index is 13.0. The van der Waals surface area contributed by atoms with Gasteiger partial charge in [-0.1, -0.05) is 48.5 Å². The first kappa shape index (κ1) is 19.2. The Morgan fingerprint density at radius 2 is 1.79 bits per heavy atom. The number of carbonyl (C=O) groups is 1. The SMILES string of the molecule is NC(=O)C1CC[N+](=O)CC1CN1CCC(c2cccc(-c3ccccc3)c2)[N+]1=O. The van der Waals surface area contributed by atoms with E-state index >= 15 is 0 Å². The molecule has 0 radical (unpaired) electrons. The highest BCUT2D eigenvalue weighted by Crippen LogP contribution is 2.32. The first-order valence-corrected chi connectivity index (χ1v) is 10.1. The molecule has 2 aliphatic rings. The van der Waals surface area contributed by atoms with Gasteiger partial charge < -0.3 is 5.73 Å². The van der Waals surface area contributed by atoms with E-state index in [1.807, 2.05) is 36.4 Å². The van der Waals surface area contributed by atoms with Gasteiger partial charge in [0.2, 0.25) is 5.91 Å². The summed E-state index contributed by atoms with van der Waals surface area (Å²) in [6.45, 7) is 1.54. The van der Waals surface area contributed by atoms with E-state index in [0.29, 0.717) is 32.5 Å². The van der Waals surface area contributed by atoms with Crippen molar-refractivity contribution in [3.63, 3.8) is 0 Å². The van der Waals surface area contributed by atoms with Crippen molar-refractivity contribution in [2.24, 2.45) is 17.6 Å². The number of hydrogen-bond donors (Lipinski definition) is 1. The number of nitroso groups, excluding NO2 is 2. The molecule has 0 saturated carbocycles. The van der Waals surface area contributed by atoms with E-state index in [4.69, 9.17) is 5.73 Å². The Morgan fingerprint density at radius 3 is 2.55 bits per heavy atom. The summed E-state index contributed by atoms with van der Waals surface area (Å²) in [7, 11) is 0. The quantitative estimate of drug-likeness (QED) is 0.790. The molecule has 2 aliphatic heterocycles. The van der Waals surface area contributed by atoms with Crippen LogP contribution in [0, 0.1) is 21.6 Å². The van der Waals surface area contributed by atoms with Gasteiger partial charge in [-0.15, -0.1) is 5.01 Å². The maximum Gasteiger partial charge on any atom is 0.261 e. The Labute approximate surface area is 169 Å². The molecule has 2 heterocycles. The van der Waals surface area contributed by atoms with Gasteiger partial charge in [-0.3, -0.25) is 4.79 Å². The van der Waals surface area contributed by atoms with Crippen molar-refractivity contribution in [3.8, 4) is 11.1 Å². The molecule has 2 aromatic rings. The van der Waals surface area contributed by atoms with Crippen LogP contribution in [0.15, 0.2) is 54.6 Å². The molecule has 2 fully saturated rings. The molecule has 2 aromatic carbocycles. The highest BCUT2D eigenvalue weighted by molar-refractivity contribution is 5.77. The molecule has 4 rings (SSSR count). The van der Waals surface area contributed by atoms with Crippen LogP contribution in [-0.2, 0) is 4.79 Å². The van der Waals surface area contributed by atoms with E-state index in [1.165, 1.54) is 0 Å². The molecule has 1 amide bonds. The van der Waals surface area contributed by atoms with Crippen LogP contribution in [0.5, 0.6) is 0 Å². The maximum absolute atomic E-state index is 13.0. The van der Waals surface area contributed by atoms with Gasteiger partial charge >= 0.3 is 0 Å². The van der Waals surface area contributed by atoms with Crippen LogP contribution in [0.2, 0.25) is 0 Å². The number of piperidine rings is 1. The van der Waals surface area contributed by atoms with Crippen LogP contribution in [-0.4, -0.2) is 46.7 Å². The number of hydrazine groups is 1. The average molecular weight is 394 g/mol. The minimum absolute atomic E-state index is 0.218. The molecule has 2 saturated heterocycles.